The second-order valence-corrected chi connectivity index (χ2v) is 10.0. The summed E-state index contributed by atoms with van der Waals surface area (Å²) in [6.07, 6.45) is 2.38. The van der Waals surface area contributed by atoms with E-state index in [0.717, 1.165) is 4.90 Å². The standard InChI is InChI=1S/C22H25ClO2S/c1-13-10-16-17(22(4,5)9-8-21(16,2)3)12-19(13)26-14-6-7-15(20(24)25)18(23)11-14/h6-7,10-12H,8-9H2,1-5H3,(H,24,25). The van der Waals surface area contributed by atoms with Crippen LogP contribution in [0.15, 0.2) is 40.1 Å². The summed E-state index contributed by atoms with van der Waals surface area (Å²) in [5, 5.41) is 9.42. The fourth-order valence-electron chi connectivity index (χ4n) is 3.67. The Kier molecular flexibility index (Phi) is 4.91. The van der Waals surface area contributed by atoms with Crippen LogP contribution in [0.25, 0.3) is 0 Å². The third-order valence-electron chi connectivity index (χ3n) is 5.55. The summed E-state index contributed by atoms with van der Waals surface area (Å²) in [6, 6.07) is 9.81. The molecule has 2 aromatic carbocycles. The Hall–Kier alpha value is -1.45. The van der Waals surface area contributed by atoms with Gasteiger partial charge in [0.15, 0.2) is 0 Å². The van der Waals surface area contributed by atoms with Crippen LogP contribution in [-0.4, -0.2) is 11.1 Å². The summed E-state index contributed by atoms with van der Waals surface area (Å²) in [4.78, 5) is 13.3. The van der Waals surface area contributed by atoms with Gasteiger partial charge in [0.05, 0.1) is 10.6 Å². The van der Waals surface area contributed by atoms with Gasteiger partial charge in [0.25, 0.3) is 0 Å². The molecule has 0 amide bonds. The predicted molar refractivity (Wildman–Crippen MR) is 109 cm³/mol. The molecule has 0 aliphatic heterocycles. The lowest BCUT2D eigenvalue weighted by molar-refractivity contribution is 0.0697. The average Bonchev–Trinajstić information content (AvgIpc) is 2.53. The Morgan fingerprint density at radius 1 is 1.04 bits per heavy atom. The first kappa shape index (κ1) is 19.3. The molecule has 0 aromatic heterocycles. The van der Waals surface area contributed by atoms with Gasteiger partial charge in [0.1, 0.15) is 0 Å². The molecule has 1 N–H and O–H groups in total. The van der Waals surface area contributed by atoms with Crippen molar-refractivity contribution in [2.45, 2.75) is 68.1 Å². The van der Waals surface area contributed by atoms with Gasteiger partial charge in [0.2, 0.25) is 0 Å². The Bertz CT molecular complexity index is 884. The van der Waals surface area contributed by atoms with Crippen LogP contribution in [0, 0.1) is 6.92 Å². The molecule has 4 heteroatoms. The maximum atomic E-state index is 11.1. The fourth-order valence-corrected chi connectivity index (χ4v) is 4.96. The van der Waals surface area contributed by atoms with Crippen molar-refractivity contribution in [3.8, 4) is 0 Å². The summed E-state index contributed by atoms with van der Waals surface area (Å²) < 4.78 is 0. The van der Waals surface area contributed by atoms with Gasteiger partial charge < -0.3 is 5.11 Å². The van der Waals surface area contributed by atoms with Crippen molar-refractivity contribution in [2.24, 2.45) is 0 Å². The van der Waals surface area contributed by atoms with Crippen LogP contribution in [0.1, 0.15) is 67.6 Å². The van der Waals surface area contributed by atoms with Crippen LogP contribution in [0.5, 0.6) is 0 Å². The lowest BCUT2D eigenvalue weighted by Crippen LogP contribution is -2.34. The van der Waals surface area contributed by atoms with E-state index in [9.17, 15) is 4.79 Å². The number of hydrogen-bond donors (Lipinski definition) is 1. The Morgan fingerprint density at radius 3 is 2.15 bits per heavy atom. The highest BCUT2D eigenvalue weighted by Gasteiger charge is 2.37. The predicted octanol–water partition coefficient (Wildman–Crippen LogP) is 6.85. The van der Waals surface area contributed by atoms with E-state index in [-0.39, 0.29) is 21.4 Å². The molecule has 2 nitrogen and oxygen atoms in total. The number of carboxylic acids is 1. The molecular formula is C22H25ClO2S. The van der Waals surface area contributed by atoms with Gasteiger partial charge in [-0.2, -0.15) is 0 Å². The van der Waals surface area contributed by atoms with Gasteiger partial charge in [-0.05, 0) is 71.6 Å². The number of hydrogen-bond acceptors (Lipinski definition) is 2. The molecule has 0 heterocycles. The molecule has 2 aromatic rings. The molecule has 0 atom stereocenters. The molecule has 1 aliphatic carbocycles. The maximum Gasteiger partial charge on any atom is 0.337 e. The van der Waals surface area contributed by atoms with Crippen LogP contribution in [-0.2, 0) is 10.8 Å². The lowest BCUT2D eigenvalue weighted by atomic mass is 9.63. The molecule has 138 valence electrons. The number of aryl methyl sites for hydroxylation is 1. The van der Waals surface area contributed by atoms with Gasteiger partial charge in [0, 0.05) is 9.79 Å². The van der Waals surface area contributed by atoms with Gasteiger partial charge in [-0.1, -0.05) is 57.1 Å². The SMILES string of the molecule is Cc1cc2c(cc1Sc1ccc(C(=O)O)c(Cl)c1)C(C)(C)CCC2(C)C. The third kappa shape index (κ3) is 3.52. The van der Waals surface area contributed by atoms with Crippen molar-refractivity contribution >= 4 is 29.3 Å². The molecule has 1 aliphatic rings. The number of aromatic carboxylic acids is 1. The molecule has 0 saturated carbocycles. The number of carbonyl (C=O) groups is 1. The zero-order chi connectivity index (χ0) is 19.3. The highest BCUT2D eigenvalue weighted by Crippen LogP contribution is 2.48. The van der Waals surface area contributed by atoms with E-state index in [0.29, 0.717) is 0 Å². The zero-order valence-electron chi connectivity index (χ0n) is 15.9. The summed E-state index contributed by atoms with van der Waals surface area (Å²) in [6.45, 7) is 11.5. The van der Waals surface area contributed by atoms with E-state index >= 15 is 0 Å². The van der Waals surface area contributed by atoms with Crippen LogP contribution in [0.4, 0.5) is 0 Å². The molecule has 0 bridgehead atoms. The van der Waals surface area contributed by atoms with E-state index in [2.05, 4.69) is 46.8 Å². The largest absolute Gasteiger partial charge is 0.478 e. The first-order chi connectivity index (χ1) is 12.0. The lowest BCUT2D eigenvalue weighted by Gasteiger charge is -2.42. The minimum atomic E-state index is -1.000. The Labute approximate surface area is 165 Å². The van der Waals surface area contributed by atoms with Crippen LogP contribution in [0.2, 0.25) is 5.02 Å². The number of rotatable bonds is 3. The van der Waals surface area contributed by atoms with Crippen molar-refractivity contribution < 1.29 is 9.90 Å². The molecule has 0 fully saturated rings. The molecule has 26 heavy (non-hydrogen) atoms. The monoisotopic (exact) mass is 388 g/mol. The molecule has 3 rings (SSSR count). The number of fused-ring (bicyclic) bond motifs is 1. The summed E-state index contributed by atoms with van der Waals surface area (Å²) in [5.74, 6) is -1.000. The Balaban J connectivity index is 2.02. The maximum absolute atomic E-state index is 11.1. The second kappa shape index (κ2) is 6.61. The Morgan fingerprint density at radius 2 is 1.62 bits per heavy atom. The van der Waals surface area contributed by atoms with Crippen LogP contribution < -0.4 is 0 Å². The molecule has 0 saturated heterocycles. The third-order valence-corrected chi connectivity index (χ3v) is 7.01. The van der Waals surface area contributed by atoms with Crippen LogP contribution >= 0.6 is 23.4 Å². The topological polar surface area (TPSA) is 37.3 Å². The van der Waals surface area contributed by atoms with Gasteiger partial charge in [-0.15, -0.1) is 0 Å². The van der Waals surface area contributed by atoms with Crippen molar-refractivity contribution in [2.75, 3.05) is 0 Å². The number of benzene rings is 2. The minimum Gasteiger partial charge on any atom is -0.478 e. The quantitative estimate of drug-likeness (QED) is 0.624. The minimum absolute atomic E-state index is 0.140. The smallest absolute Gasteiger partial charge is 0.337 e. The average molecular weight is 389 g/mol. The zero-order valence-corrected chi connectivity index (χ0v) is 17.5. The highest BCUT2D eigenvalue weighted by molar-refractivity contribution is 7.99. The summed E-state index contributed by atoms with van der Waals surface area (Å²) in [5.41, 5.74) is 4.63. The van der Waals surface area contributed by atoms with Gasteiger partial charge in [-0.3, -0.25) is 0 Å². The molecular weight excluding hydrogens is 364 g/mol. The number of carboxylic acid groups (broad SMARTS) is 1. The second-order valence-electron chi connectivity index (χ2n) is 8.48. The van der Waals surface area contributed by atoms with E-state index < -0.39 is 5.97 Å². The molecule has 0 radical (unpaired) electrons. The molecule has 0 spiro atoms. The van der Waals surface area contributed by atoms with Gasteiger partial charge in [-0.25, -0.2) is 4.79 Å². The van der Waals surface area contributed by atoms with Crippen LogP contribution in [0.3, 0.4) is 0 Å². The fraction of sp³-hybridized carbons (Fsp3) is 0.409. The van der Waals surface area contributed by atoms with E-state index in [4.69, 9.17) is 16.7 Å². The summed E-state index contributed by atoms with van der Waals surface area (Å²) >= 11 is 7.78. The van der Waals surface area contributed by atoms with E-state index in [1.54, 1.807) is 23.9 Å². The number of halogens is 1. The van der Waals surface area contributed by atoms with E-state index in [1.807, 2.05) is 6.07 Å². The van der Waals surface area contributed by atoms with Crippen molar-refractivity contribution in [3.05, 3.63) is 57.6 Å². The molecule has 0 unspecified atom stereocenters. The highest BCUT2D eigenvalue weighted by atomic mass is 35.5. The van der Waals surface area contributed by atoms with Crippen molar-refractivity contribution in [1.29, 1.82) is 0 Å². The first-order valence-corrected chi connectivity index (χ1v) is 10.1. The first-order valence-electron chi connectivity index (χ1n) is 8.87. The van der Waals surface area contributed by atoms with Crippen molar-refractivity contribution in [3.63, 3.8) is 0 Å². The van der Waals surface area contributed by atoms with E-state index in [1.165, 1.54) is 34.4 Å². The van der Waals surface area contributed by atoms with Crippen molar-refractivity contribution in [1.82, 2.24) is 0 Å². The summed E-state index contributed by atoms with van der Waals surface area (Å²) in [7, 11) is 0. The van der Waals surface area contributed by atoms with Gasteiger partial charge >= 0.3 is 5.97 Å². The normalized spacial score (nSPS) is 17.6.